The lowest BCUT2D eigenvalue weighted by atomic mass is 10.0. The summed E-state index contributed by atoms with van der Waals surface area (Å²) in [7, 11) is -4.39. The van der Waals surface area contributed by atoms with Crippen LogP contribution >= 0.6 is 7.82 Å². The van der Waals surface area contributed by atoms with Crippen LogP contribution in [0.2, 0.25) is 0 Å². The predicted octanol–water partition coefficient (Wildman–Crippen LogP) is 20.7. The van der Waals surface area contributed by atoms with Gasteiger partial charge in [-0.3, -0.25) is 18.6 Å². The second kappa shape index (κ2) is 61.4. The average molecular weight is 1080 g/mol. The van der Waals surface area contributed by atoms with Gasteiger partial charge in [0.15, 0.2) is 6.10 Å². The summed E-state index contributed by atoms with van der Waals surface area (Å²) in [4.78, 5) is 35.2. The first-order chi connectivity index (χ1) is 36.8. The van der Waals surface area contributed by atoms with Crippen molar-refractivity contribution in [2.75, 3.05) is 26.4 Å². The minimum absolute atomic E-state index is 0.0545. The van der Waals surface area contributed by atoms with E-state index in [1.54, 1.807) is 0 Å². The van der Waals surface area contributed by atoms with Gasteiger partial charge in [0.05, 0.1) is 13.2 Å². The molecule has 0 radical (unpaired) electrons. The van der Waals surface area contributed by atoms with Crippen LogP contribution in [0, 0.1) is 0 Å². The van der Waals surface area contributed by atoms with E-state index in [0.717, 1.165) is 57.8 Å². The molecule has 0 saturated carbocycles. The topological polar surface area (TPSA) is 134 Å². The molecule has 0 aliphatic heterocycles. The predicted molar refractivity (Wildman–Crippen MR) is 321 cm³/mol. The molecule has 0 saturated heterocycles. The van der Waals surface area contributed by atoms with E-state index in [-0.39, 0.29) is 38.6 Å². The number of carbonyl (C=O) groups excluding carboxylic acids is 2. The summed E-state index contributed by atoms with van der Waals surface area (Å²) < 4.78 is 33.0. The Bertz CT molecular complexity index is 1320. The Morgan fingerprint density at radius 1 is 0.400 bits per heavy atom. The maximum Gasteiger partial charge on any atom is 0.472 e. The third-order valence-electron chi connectivity index (χ3n) is 14.5. The highest BCUT2D eigenvalue weighted by Crippen LogP contribution is 2.43. The molecule has 0 heterocycles. The van der Waals surface area contributed by atoms with E-state index in [1.165, 1.54) is 244 Å². The Kier molecular flexibility index (Phi) is 60.0. The Morgan fingerprint density at radius 3 is 1.03 bits per heavy atom. The normalized spacial score (nSPS) is 13.2. The molecule has 2 unspecified atom stereocenters. The quantitative estimate of drug-likeness (QED) is 0.0264. The number of ether oxygens (including phenoxy) is 2. The number of phosphoric ester groups is 1. The largest absolute Gasteiger partial charge is 0.472 e. The number of allylic oxidation sites excluding steroid dienone is 6. The van der Waals surface area contributed by atoms with E-state index < -0.39 is 26.5 Å². The highest BCUT2D eigenvalue weighted by atomic mass is 31.2. The highest BCUT2D eigenvalue weighted by molar-refractivity contribution is 7.47. The molecule has 0 aliphatic rings. The van der Waals surface area contributed by atoms with E-state index in [0.29, 0.717) is 6.42 Å². The first-order valence-corrected chi connectivity index (χ1v) is 34.0. The molecule has 2 atom stereocenters. The van der Waals surface area contributed by atoms with Gasteiger partial charge in [0, 0.05) is 19.4 Å². The zero-order chi connectivity index (χ0) is 54.5. The fourth-order valence-corrected chi connectivity index (χ4v) is 10.4. The minimum Gasteiger partial charge on any atom is -0.462 e. The summed E-state index contributed by atoms with van der Waals surface area (Å²) in [6.07, 6.45) is 75.3. The standard InChI is InChI=1S/C65H124NO8P/c1-3-5-7-9-11-13-15-17-19-20-21-22-23-24-25-26-27-28-29-30-31-32-33-34-35-36-37-38-39-40-41-42-44-46-48-50-52-54-56-58-65(68)74-63(62-73-75(69,70)72-60-59-66)61-71-64(67)57-55-53-51-49-47-45-43-18-16-14-12-10-8-6-4-2/h15,17-18,20-21,43,63H,3-14,16,19,22-42,44-62,66H2,1-2H3,(H,69,70)/b17-15-,21-20-,43-18-. The number of phosphoric acid groups is 1. The van der Waals surface area contributed by atoms with Crippen LogP contribution in [0.1, 0.15) is 335 Å². The van der Waals surface area contributed by atoms with Gasteiger partial charge in [-0.25, -0.2) is 4.57 Å². The molecule has 0 amide bonds. The molecule has 0 aromatic heterocycles. The van der Waals surface area contributed by atoms with E-state index in [4.69, 9.17) is 24.3 Å². The zero-order valence-electron chi connectivity index (χ0n) is 49.6. The maximum atomic E-state index is 12.7. The fourth-order valence-electron chi connectivity index (χ4n) is 9.67. The molecule has 0 rings (SSSR count). The first-order valence-electron chi connectivity index (χ1n) is 32.5. The van der Waals surface area contributed by atoms with Crippen LogP contribution in [0.3, 0.4) is 0 Å². The van der Waals surface area contributed by atoms with E-state index >= 15 is 0 Å². The summed E-state index contributed by atoms with van der Waals surface area (Å²) in [6.45, 7) is 3.76. The SMILES string of the molecule is CCCCCCC/C=C\C/C=C\CCCCCCCCCCCCCCCCCCCCCCCCCCCCCC(=O)OC(COC(=O)CCCCCCC/C=C\CCCCCCCC)COP(=O)(O)OCCN. The van der Waals surface area contributed by atoms with Crippen LogP contribution in [-0.4, -0.2) is 49.3 Å². The number of nitrogens with two attached hydrogens (primary N) is 1. The monoisotopic (exact) mass is 1080 g/mol. The Hall–Kier alpha value is -1.77. The number of hydrogen-bond acceptors (Lipinski definition) is 8. The number of hydrogen-bond donors (Lipinski definition) is 2. The van der Waals surface area contributed by atoms with Crippen LogP contribution in [0.5, 0.6) is 0 Å². The lowest BCUT2D eigenvalue weighted by Crippen LogP contribution is -2.29. The smallest absolute Gasteiger partial charge is 0.462 e. The van der Waals surface area contributed by atoms with Crippen LogP contribution in [0.15, 0.2) is 36.5 Å². The van der Waals surface area contributed by atoms with Crippen molar-refractivity contribution in [1.29, 1.82) is 0 Å². The van der Waals surface area contributed by atoms with Gasteiger partial charge in [0.1, 0.15) is 6.61 Å². The van der Waals surface area contributed by atoms with E-state index in [9.17, 15) is 19.0 Å². The Balaban J connectivity index is 3.74. The summed E-state index contributed by atoms with van der Waals surface area (Å²) >= 11 is 0. The van der Waals surface area contributed by atoms with Gasteiger partial charge in [-0.1, -0.05) is 288 Å². The van der Waals surface area contributed by atoms with Crippen LogP contribution in [0.4, 0.5) is 0 Å². The van der Waals surface area contributed by atoms with Crippen molar-refractivity contribution >= 4 is 19.8 Å². The average Bonchev–Trinajstić information content (AvgIpc) is 3.40. The lowest BCUT2D eigenvalue weighted by molar-refractivity contribution is -0.161. The molecule has 442 valence electrons. The molecule has 9 nitrogen and oxygen atoms in total. The van der Waals surface area contributed by atoms with E-state index in [2.05, 4.69) is 50.3 Å². The molecule has 0 fully saturated rings. The number of esters is 2. The zero-order valence-corrected chi connectivity index (χ0v) is 50.4. The fraction of sp³-hybridized carbons (Fsp3) is 0.877. The van der Waals surface area contributed by atoms with Crippen molar-refractivity contribution < 1.29 is 37.6 Å². The van der Waals surface area contributed by atoms with Gasteiger partial charge >= 0.3 is 19.8 Å². The Labute approximate surface area is 464 Å². The van der Waals surface area contributed by atoms with E-state index in [1.807, 2.05) is 0 Å². The van der Waals surface area contributed by atoms with Gasteiger partial charge < -0.3 is 20.1 Å². The second-order valence-electron chi connectivity index (χ2n) is 22.0. The lowest BCUT2D eigenvalue weighted by Gasteiger charge is -2.19. The molecule has 0 bridgehead atoms. The van der Waals surface area contributed by atoms with Gasteiger partial charge in [-0.05, 0) is 70.6 Å². The number of rotatable bonds is 62. The molecule has 10 heteroatoms. The molecule has 3 N–H and O–H groups in total. The molecule has 0 aromatic rings. The molecule has 0 aromatic carbocycles. The van der Waals surface area contributed by atoms with Gasteiger partial charge in [0.25, 0.3) is 0 Å². The third kappa shape index (κ3) is 61.3. The van der Waals surface area contributed by atoms with Crippen molar-refractivity contribution in [3.05, 3.63) is 36.5 Å². The highest BCUT2D eigenvalue weighted by Gasteiger charge is 2.26. The first kappa shape index (κ1) is 73.2. The minimum atomic E-state index is -4.39. The van der Waals surface area contributed by atoms with Crippen LogP contribution < -0.4 is 5.73 Å². The van der Waals surface area contributed by atoms with Crippen molar-refractivity contribution in [2.24, 2.45) is 5.73 Å². The summed E-state index contributed by atoms with van der Waals surface area (Å²) in [5, 5.41) is 0. The Morgan fingerprint density at radius 2 is 0.693 bits per heavy atom. The van der Waals surface area contributed by atoms with Crippen molar-refractivity contribution in [3.63, 3.8) is 0 Å². The molecule has 0 aliphatic carbocycles. The summed E-state index contributed by atoms with van der Waals surface area (Å²) in [6, 6.07) is 0. The molecular weight excluding hydrogens is 954 g/mol. The summed E-state index contributed by atoms with van der Waals surface area (Å²) in [5.74, 6) is -0.821. The molecular formula is C65H124NO8P. The number of carbonyl (C=O) groups is 2. The van der Waals surface area contributed by atoms with Gasteiger partial charge in [0.2, 0.25) is 0 Å². The van der Waals surface area contributed by atoms with Crippen molar-refractivity contribution in [1.82, 2.24) is 0 Å². The third-order valence-corrected chi connectivity index (χ3v) is 15.5. The second-order valence-corrected chi connectivity index (χ2v) is 23.4. The van der Waals surface area contributed by atoms with Crippen LogP contribution in [-0.2, 0) is 32.7 Å². The molecule has 0 spiro atoms. The molecule has 75 heavy (non-hydrogen) atoms. The number of unbranched alkanes of at least 4 members (excludes halogenated alkanes) is 43. The maximum absolute atomic E-state index is 12.7. The summed E-state index contributed by atoms with van der Waals surface area (Å²) in [5.41, 5.74) is 5.38. The van der Waals surface area contributed by atoms with Crippen molar-refractivity contribution in [3.8, 4) is 0 Å². The van der Waals surface area contributed by atoms with Gasteiger partial charge in [-0.2, -0.15) is 0 Å². The van der Waals surface area contributed by atoms with Crippen LogP contribution in [0.25, 0.3) is 0 Å². The van der Waals surface area contributed by atoms with Gasteiger partial charge in [-0.15, -0.1) is 0 Å². The van der Waals surface area contributed by atoms with Crippen molar-refractivity contribution in [2.45, 2.75) is 341 Å².